The zero-order chi connectivity index (χ0) is 22.1. The lowest BCUT2D eigenvalue weighted by Gasteiger charge is -2.36. The van der Waals surface area contributed by atoms with E-state index in [0.717, 1.165) is 41.7 Å². The molecule has 0 saturated carbocycles. The molecule has 1 heterocycles. The number of rotatable bonds is 7. The molecule has 2 amide bonds. The second-order valence-corrected chi connectivity index (χ2v) is 10.1. The first-order valence-corrected chi connectivity index (χ1v) is 11.4. The van der Waals surface area contributed by atoms with Crippen molar-refractivity contribution in [1.82, 2.24) is 0 Å². The molecule has 0 spiro atoms. The number of benzene rings is 1. The number of hydrogen-bond donors (Lipinski definition) is 2. The fourth-order valence-corrected chi connectivity index (χ4v) is 5.55. The molecule has 1 unspecified atom stereocenters. The van der Waals surface area contributed by atoms with Crippen molar-refractivity contribution in [2.24, 2.45) is 17.1 Å². The number of carbonyl (C=O) groups is 2. The third-order valence-corrected chi connectivity index (χ3v) is 7.68. The number of halogens is 1. The minimum atomic E-state index is -0.495. The van der Waals surface area contributed by atoms with E-state index < -0.39 is 5.91 Å². The van der Waals surface area contributed by atoms with Gasteiger partial charge in [-0.05, 0) is 66.8 Å². The van der Waals surface area contributed by atoms with Gasteiger partial charge < -0.3 is 15.8 Å². The summed E-state index contributed by atoms with van der Waals surface area (Å²) in [5.41, 5.74) is 8.22. The molecular weight excluding hydrogens is 420 g/mol. The van der Waals surface area contributed by atoms with E-state index in [2.05, 4.69) is 26.1 Å². The minimum absolute atomic E-state index is 0.158. The summed E-state index contributed by atoms with van der Waals surface area (Å²) in [5.74, 6) is 0.329. The number of nitrogens with two attached hydrogens (primary N) is 1. The summed E-state index contributed by atoms with van der Waals surface area (Å²) in [7, 11) is 0. The SMILES string of the molecule is CCC(C)(C)C1CCc2c(sc(NC(=O)COc3ccc(Cl)cc3C)c2C(N)=O)C1. The average molecular weight is 449 g/mol. The molecule has 3 N–H and O–H groups in total. The predicted molar refractivity (Wildman–Crippen MR) is 123 cm³/mol. The van der Waals surface area contributed by atoms with Gasteiger partial charge in [0.1, 0.15) is 10.8 Å². The van der Waals surface area contributed by atoms with Gasteiger partial charge in [-0.15, -0.1) is 11.3 Å². The normalized spacial score (nSPS) is 16.1. The molecule has 0 radical (unpaired) electrons. The van der Waals surface area contributed by atoms with Gasteiger partial charge in [0.2, 0.25) is 0 Å². The maximum Gasteiger partial charge on any atom is 0.262 e. The lowest BCUT2D eigenvalue weighted by Crippen LogP contribution is -2.29. The molecule has 30 heavy (non-hydrogen) atoms. The van der Waals surface area contributed by atoms with Crippen molar-refractivity contribution in [1.29, 1.82) is 0 Å². The monoisotopic (exact) mass is 448 g/mol. The first kappa shape index (κ1) is 22.6. The largest absolute Gasteiger partial charge is 0.483 e. The summed E-state index contributed by atoms with van der Waals surface area (Å²) < 4.78 is 5.62. The van der Waals surface area contributed by atoms with Gasteiger partial charge in [0.25, 0.3) is 11.8 Å². The quantitative estimate of drug-likeness (QED) is 0.597. The van der Waals surface area contributed by atoms with E-state index in [4.69, 9.17) is 22.1 Å². The number of thiophene rings is 1. The number of fused-ring (bicyclic) bond motifs is 1. The van der Waals surface area contributed by atoms with Crippen molar-refractivity contribution >= 4 is 39.8 Å². The number of primary amides is 1. The second kappa shape index (κ2) is 8.98. The van der Waals surface area contributed by atoms with Crippen molar-refractivity contribution in [3.05, 3.63) is 44.8 Å². The second-order valence-electron chi connectivity index (χ2n) is 8.60. The highest BCUT2D eigenvalue weighted by molar-refractivity contribution is 7.17. The van der Waals surface area contributed by atoms with Crippen LogP contribution in [0.25, 0.3) is 0 Å². The Morgan fingerprint density at radius 3 is 2.73 bits per heavy atom. The van der Waals surface area contributed by atoms with Crippen molar-refractivity contribution in [3.63, 3.8) is 0 Å². The molecule has 0 saturated heterocycles. The molecule has 1 aromatic carbocycles. The van der Waals surface area contributed by atoms with Gasteiger partial charge in [0, 0.05) is 9.90 Å². The van der Waals surface area contributed by atoms with E-state index in [1.54, 1.807) is 18.2 Å². The van der Waals surface area contributed by atoms with Gasteiger partial charge in [0.05, 0.1) is 5.56 Å². The molecule has 0 bridgehead atoms. The molecule has 0 aliphatic heterocycles. The number of hydrogen-bond acceptors (Lipinski definition) is 4. The van der Waals surface area contributed by atoms with Crippen molar-refractivity contribution < 1.29 is 14.3 Å². The van der Waals surface area contributed by atoms with Crippen LogP contribution in [0.1, 0.15) is 60.0 Å². The Labute approximate surface area is 186 Å². The molecule has 162 valence electrons. The van der Waals surface area contributed by atoms with Crippen molar-refractivity contribution in [3.8, 4) is 5.75 Å². The van der Waals surface area contributed by atoms with E-state index in [1.807, 2.05) is 6.92 Å². The van der Waals surface area contributed by atoms with Crippen molar-refractivity contribution in [2.45, 2.75) is 53.4 Å². The van der Waals surface area contributed by atoms with Crippen LogP contribution in [-0.2, 0) is 17.6 Å². The van der Waals surface area contributed by atoms with Gasteiger partial charge in [-0.3, -0.25) is 9.59 Å². The van der Waals surface area contributed by atoms with Crippen LogP contribution in [0.15, 0.2) is 18.2 Å². The maximum absolute atomic E-state index is 12.5. The Morgan fingerprint density at radius 2 is 2.10 bits per heavy atom. The highest BCUT2D eigenvalue weighted by Crippen LogP contribution is 2.45. The molecule has 1 aromatic heterocycles. The van der Waals surface area contributed by atoms with Crippen LogP contribution in [0.3, 0.4) is 0 Å². The molecule has 2 aromatic rings. The van der Waals surface area contributed by atoms with E-state index in [9.17, 15) is 9.59 Å². The average Bonchev–Trinajstić information content (AvgIpc) is 3.04. The van der Waals surface area contributed by atoms with Crippen LogP contribution in [0, 0.1) is 18.3 Å². The molecular formula is C23H29ClN2O3S. The lowest BCUT2D eigenvalue weighted by molar-refractivity contribution is -0.118. The zero-order valence-corrected chi connectivity index (χ0v) is 19.5. The Morgan fingerprint density at radius 1 is 1.37 bits per heavy atom. The number of amides is 2. The molecule has 0 fully saturated rings. The van der Waals surface area contributed by atoms with Crippen LogP contribution in [0.4, 0.5) is 5.00 Å². The first-order valence-electron chi connectivity index (χ1n) is 10.3. The van der Waals surface area contributed by atoms with Crippen LogP contribution >= 0.6 is 22.9 Å². The Bertz CT molecular complexity index is 968. The third kappa shape index (κ3) is 4.81. The topological polar surface area (TPSA) is 81.4 Å². The molecule has 5 nitrogen and oxygen atoms in total. The molecule has 1 atom stereocenters. The van der Waals surface area contributed by atoms with Crippen LogP contribution in [-0.4, -0.2) is 18.4 Å². The summed E-state index contributed by atoms with van der Waals surface area (Å²) in [6.45, 7) is 8.52. The number of aryl methyl sites for hydroxylation is 1. The Kier molecular flexibility index (Phi) is 6.78. The highest BCUT2D eigenvalue weighted by atomic mass is 35.5. The van der Waals surface area contributed by atoms with Crippen LogP contribution in [0.2, 0.25) is 5.02 Å². The summed E-state index contributed by atoms with van der Waals surface area (Å²) in [5, 5.41) is 3.99. The number of ether oxygens (including phenoxy) is 1. The summed E-state index contributed by atoms with van der Waals surface area (Å²) in [6.07, 6.45) is 3.86. The number of nitrogens with one attached hydrogen (secondary N) is 1. The smallest absolute Gasteiger partial charge is 0.262 e. The Balaban J connectivity index is 1.74. The van der Waals surface area contributed by atoms with E-state index in [-0.39, 0.29) is 17.9 Å². The zero-order valence-electron chi connectivity index (χ0n) is 17.9. The van der Waals surface area contributed by atoms with Gasteiger partial charge in [0.15, 0.2) is 6.61 Å². The fraction of sp³-hybridized carbons (Fsp3) is 0.478. The van der Waals surface area contributed by atoms with Crippen molar-refractivity contribution in [2.75, 3.05) is 11.9 Å². The molecule has 7 heteroatoms. The Hall–Kier alpha value is -2.05. The highest BCUT2D eigenvalue weighted by Gasteiger charge is 2.35. The first-order chi connectivity index (χ1) is 14.1. The maximum atomic E-state index is 12.5. The molecule has 1 aliphatic carbocycles. The van der Waals surface area contributed by atoms with Gasteiger partial charge in [-0.2, -0.15) is 0 Å². The minimum Gasteiger partial charge on any atom is -0.483 e. The fourth-order valence-electron chi connectivity index (χ4n) is 3.97. The van der Waals surface area contributed by atoms with E-state index >= 15 is 0 Å². The summed E-state index contributed by atoms with van der Waals surface area (Å²) in [4.78, 5) is 25.8. The van der Waals surface area contributed by atoms with E-state index in [0.29, 0.717) is 27.3 Å². The van der Waals surface area contributed by atoms with Gasteiger partial charge >= 0.3 is 0 Å². The lowest BCUT2D eigenvalue weighted by atomic mass is 9.69. The van der Waals surface area contributed by atoms with Crippen LogP contribution < -0.4 is 15.8 Å². The summed E-state index contributed by atoms with van der Waals surface area (Å²) >= 11 is 7.42. The third-order valence-electron chi connectivity index (χ3n) is 6.28. The van der Waals surface area contributed by atoms with Gasteiger partial charge in [-0.1, -0.05) is 38.8 Å². The van der Waals surface area contributed by atoms with E-state index in [1.165, 1.54) is 11.3 Å². The van der Waals surface area contributed by atoms with Gasteiger partial charge in [-0.25, -0.2) is 0 Å². The van der Waals surface area contributed by atoms with Crippen LogP contribution in [0.5, 0.6) is 5.75 Å². The number of anilines is 1. The predicted octanol–water partition coefficient (Wildman–Crippen LogP) is 5.37. The molecule has 1 aliphatic rings. The standard InChI is InChI=1S/C23H29ClN2O3S/c1-5-23(3,4)14-6-8-16-18(11-14)30-22(20(16)21(25)28)26-19(27)12-29-17-9-7-15(24)10-13(17)2/h7,9-10,14H,5-6,8,11-12H2,1-4H3,(H2,25,28)(H,26,27). The number of carbonyl (C=O) groups excluding carboxylic acids is 2. The molecule has 3 rings (SSSR count). The summed E-state index contributed by atoms with van der Waals surface area (Å²) in [6, 6.07) is 5.23.